The molecule has 0 aromatic rings. The van der Waals surface area contributed by atoms with Gasteiger partial charge in [0.05, 0.1) is 0 Å². The first-order valence-electron chi connectivity index (χ1n) is 6.98. The van der Waals surface area contributed by atoms with E-state index in [1.807, 2.05) is 0 Å². The van der Waals surface area contributed by atoms with Crippen molar-refractivity contribution in [1.29, 1.82) is 0 Å². The molecule has 2 N–H and O–H groups in total. The van der Waals surface area contributed by atoms with E-state index < -0.39 is 0 Å². The fourth-order valence-electron chi connectivity index (χ4n) is 3.20. The van der Waals surface area contributed by atoms with Gasteiger partial charge in [0, 0.05) is 6.04 Å². The zero-order chi connectivity index (χ0) is 11.3. The third-order valence-electron chi connectivity index (χ3n) is 4.61. The molecule has 0 saturated heterocycles. The molecule has 90 valence electrons. The predicted octanol–water partition coefficient (Wildman–Crippen LogP) is 3.97. The van der Waals surface area contributed by atoms with Crippen LogP contribution in [0.25, 0.3) is 0 Å². The molecular formula is C14H29N. The lowest BCUT2D eigenvalue weighted by Gasteiger charge is -2.35. The third-order valence-corrected chi connectivity index (χ3v) is 4.61. The van der Waals surface area contributed by atoms with Gasteiger partial charge in [-0.25, -0.2) is 0 Å². The highest BCUT2D eigenvalue weighted by molar-refractivity contribution is 4.83. The van der Waals surface area contributed by atoms with Crippen LogP contribution in [0.5, 0.6) is 0 Å². The van der Waals surface area contributed by atoms with Crippen molar-refractivity contribution in [3.05, 3.63) is 0 Å². The molecule has 0 amide bonds. The molecule has 0 heterocycles. The van der Waals surface area contributed by atoms with Crippen LogP contribution in [0.3, 0.4) is 0 Å². The van der Waals surface area contributed by atoms with Gasteiger partial charge in [-0.05, 0) is 30.6 Å². The molecule has 1 aliphatic rings. The Bertz CT molecular complexity index is 155. The Morgan fingerprint density at radius 1 is 1.00 bits per heavy atom. The molecule has 1 unspecified atom stereocenters. The Morgan fingerprint density at radius 2 is 1.53 bits per heavy atom. The summed E-state index contributed by atoms with van der Waals surface area (Å²) in [6.07, 6.45) is 9.50. The normalized spacial score (nSPS) is 29.4. The van der Waals surface area contributed by atoms with Crippen LogP contribution in [-0.4, -0.2) is 6.04 Å². The summed E-state index contributed by atoms with van der Waals surface area (Å²) in [7, 11) is 0. The molecule has 0 spiro atoms. The van der Waals surface area contributed by atoms with Gasteiger partial charge in [-0.2, -0.15) is 0 Å². The molecule has 1 nitrogen and oxygen atoms in total. The van der Waals surface area contributed by atoms with E-state index in [1.54, 1.807) is 0 Å². The molecule has 1 aliphatic carbocycles. The molecule has 1 saturated carbocycles. The fraction of sp³-hybridized carbons (Fsp3) is 1.00. The second-order valence-electron chi connectivity index (χ2n) is 5.34. The lowest BCUT2D eigenvalue weighted by Crippen LogP contribution is -2.39. The highest BCUT2D eigenvalue weighted by Gasteiger charge is 2.28. The molecule has 1 rings (SSSR count). The minimum atomic E-state index is 0.470. The van der Waals surface area contributed by atoms with E-state index in [9.17, 15) is 0 Å². The minimum Gasteiger partial charge on any atom is -0.327 e. The predicted molar refractivity (Wildman–Crippen MR) is 67.8 cm³/mol. The van der Waals surface area contributed by atoms with E-state index in [1.165, 1.54) is 44.9 Å². The number of hydrogen-bond acceptors (Lipinski definition) is 1. The van der Waals surface area contributed by atoms with E-state index >= 15 is 0 Å². The fourth-order valence-corrected chi connectivity index (χ4v) is 3.20. The lowest BCUT2D eigenvalue weighted by molar-refractivity contribution is 0.197. The zero-order valence-corrected chi connectivity index (χ0v) is 10.8. The molecule has 1 atom stereocenters. The molecule has 15 heavy (non-hydrogen) atoms. The van der Waals surface area contributed by atoms with Gasteiger partial charge in [-0.1, -0.05) is 52.9 Å². The largest absolute Gasteiger partial charge is 0.327 e. The summed E-state index contributed by atoms with van der Waals surface area (Å²) < 4.78 is 0. The van der Waals surface area contributed by atoms with Crippen LogP contribution in [0.2, 0.25) is 0 Å². The van der Waals surface area contributed by atoms with E-state index in [2.05, 4.69) is 20.8 Å². The van der Waals surface area contributed by atoms with Crippen molar-refractivity contribution in [2.24, 2.45) is 23.5 Å². The molecule has 0 aliphatic heterocycles. The quantitative estimate of drug-likeness (QED) is 0.731. The van der Waals surface area contributed by atoms with Crippen LogP contribution >= 0.6 is 0 Å². The Kier molecular flexibility index (Phi) is 5.66. The van der Waals surface area contributed by atoms with Crippen molar-refractivity contribution in [2.45, 2.75) is 71.8 Å². The Hall–Kier alpha value is -0.0400. The van der Waals surface area contributed by atoms with Gasteiger partial charge in [-0.15, -0.1) is 0 Å². The maximum absolute atomic E-state index is 6.40. The number of nitrogens with two attached hydrogens (primary N) is 1. The lowest BCUT2D eigenvalue weighted by atomic mass is 9.74. The van der Waals surface area contributed by atoms with Crippen LogP contribution in [0, 0.1) is 17.8 Å². The summed E-state index contributed by atoms with van der Waals surface area (Å²) in [4.78, 5) is 0. The van der Waals surface area contributed by atoms with E-state index in [4.69, 9.17) is 5.73 Å². The van der Waals surface area contributed by atoms with Crippen LogP contribution in [0.1, 0.15) is 65.7 Å². The van der Waals surface area contributed by atoms with Crippen molar-refractivity contribution in [2.75, 3.05) is 0 Å². The standard InChI is InChI=1S/C14H29N/c1-4-11-7-9-13(10-8-11)14(15)12(5-2)6-3/h11-14H,4-10,15H2,1-3H3. The van der Waals surface area contributed by atoms with Crippen molar-refractivity contribution in [3.8, 4) is 0 Å². The van der Waals surface area contributed by atoms with E-state index in [0.717, 1.165) is 17.8 Å². The molecule has 1 heteroatoms. The first-order valence-corrected chi connectivity index (χ1v) is 6.98. The van der Waals surface area contributed by atoms with Crippen LogP contribution in [0.4, 0.5) is 0 Å². The number of rotatable bonds is 5. The first kappa shape index (κ1) is 13.0. The van der Waals surface area contributed by atoms with E-state index in [-0.39, 0.29) is 0 Å². The SMILES string of the molecule is CCC1CCC(C(N)C(CC)CC)CC1. The maximum atomic E-state index is 6.40. The Labute approximate surface area is 95.8 Å². The monoisotopic (exact) mass is 211 g/mol. The van der Waals surface area contributed by atoms with Gasteiger partial charge in [0.1, 0.15) is 0 Å². The van der Waals surface area contributed by atoms with Crippen LogP contribution in [0.15, 0.2) is 0 Å². The van der Waals surface area contributed by atoms with Crippen LogP contribution in [-0.2, 0) is 0 Å². The summed E-state index contributed by atoms with van der Waals surface area (Å²) in [5.74, 6) is 2.57. The minimum absolute atomic E-state index is 0.470. The van der Waals surface area contributed by atoms with Gasteiger partial charge >= 0.3 is 0 Å². The van der Waals surface area contributed by atoms with Gasteiger partial charge < -0.3 is 5.73 Å². The van der Waals surface area contributed by atoms with Crippen LogP contribution < -0.4 is 5.73 Å². The highest BCUT2D eigenvalue weighted by Crippen LogP contribution is 2.34. The third kappa shape index (κ3) is 3.48. The Balaban J connectivity index is 2.38. The first-order chi connectivity index (χ1) is 7.22. The molecular weight excluding hydrogens is 182 g/mol. The average molecular weight is 211 g/mol. The second-order valence-corrected chi connectivity index (χ2v) is 5.34. The van der Waals surface area contributed by atoms with Gasteiger partial charge in [0.2, 0.25) is 0 Å². The molecule has 0 radical (unpaired) electrons. The summed E-state index contributed by atoms with van der Waals surface area (Å²) in [5.41, 5.74) is 6.40. The average Bonchev–Trinajstić information content (AvgIpc) is 2.30. The molecule has 0 aromatic carbocycles. The van der Waals surface area contributed by atoms with Crippen molar-refractivity contribution >= 4 is 0 Å². The smallest absolute Gasteiger partial charge is 0.00954 e. The summed E-state index contributed by atoms with van der Waals surface area (Å²) in [6.45, 7) is 6.89. The van der Waals surface area contributed by atoms with E-state index in [0.29, 0.717) is 6.04 Å². The van der Waals surface area contributed by atoms with Crippen molar-refractivity contribution in [3.63, 3.8) is 0 Å². The highest BCUT2D eigenvalue weighted by atomic mass is 14.7. The Morgan fingerprint density at radius 3 is 1.93 bits per heavy atom. The molecule has 1 fully saturated rings. The summed E-state index contributed by atoms with van der Waals surface area (Å²) in [6, 6.07) is 0.470. The summed E-state index contributed by atoms with van der Waals surface area (Å²) >= 11 is 0. The molecule has 0 bridgehead atoms. The van der Waals surface area contributed by atoms with Crippen molar-refractivity contribution < 1.29 is 0 Å². The van der Waals surface area contributed by atoms with Gasteiger partial charge in [-0.3, -0.25) is 0 Å². The summed E-state index contributed by atoms with van der Waals surface area (Å²) in [5, 5.41) is 0. The second kappa shape index (κ2) is 6.52. The maximum Gasteiger partial charge on any atom is 0.00954 e. The number of hydrogen-bond donors (Lipinski definition) is 1. The molecule has 0 aromatic heterocycles. The van der Waals surface area contributed by atoms with Crippen molar-refractivity contribution in [1.82, 2.24) is 0 Å². The van der Waals surface area contributed by atoms with Gasteiger partial charge in [0.25, 0.3) is 0 Å². The topological polar surface area (TPSA) is 26.0 Å². The zero-order valence-electron chi connectivity index (χ0n) is 10.8. The van der Waals surface area contributed by atoms with Gasteiger partial charge in [0.15, 0.2) is 0 Å².